The lowest BCUT2D eigenvalue weighted by Gasteiger charge is -2.22. The van der Waals surface area contributed by atoms with Gasteiger partial charge in [-0.25, -0.2) is 0 Å². The molecule has 1 aromatic heterocycles. The van der Waals surface area contributed by atoms with Crippen LogP contribution in [0.2, 0.25) is 0 Å². The molecule has 1 N–H and O–H groups in total. The quantitative estimate of drug-likeness (QED) is 0.911. The Morgan fingerprint density at radius 3 is 2.84 bits per heavy atom. The van der Waals surface area contributed by atoms with E-state index in [0.717, 1.165) is 24.5 Å². The molecule has 1 unspecified atom stereocenters. The molecule has 0 bridgehead atoms. The van der Waals surface area contributed by atoms with Crippen molar-refractivity contribution < 1.29 is 0 Å². The Hall–Kier alpha value is -1.74. The molecule has 19 heavy (non-hydrogen) atoms. The summed E-state index contributed by atoms with van der Waals surface area (Å²) in [5.74, 6) is 0. The summed E-state index contributed by atoms with van der Waals surface area (Å²) in [6, 6.07) is 11.2. The number of rotatable bonds is 3. The third-order valence-corrected chi connectivity index (χ3v) is 4.12. The standard InChI is InChI=1S/C16H21N3/c1-12(19-9-8-14(11-19)18(2)3)16-10-13-6-4-5-7-15(13)17-16/h4-7,10,14,17H,1,8-9,11H2,2-3H3. The van der Waals surface area contributed by atoms with Crippen LogP contribution in [0, 0.1) is 0 Å². The molecule has 1 aliphatic heterocycles. The predicted molar refractivity (Wildman–Crippen MR) is 81.0 cm³/mol. The molecule has 1 aliphatic rings. The van der Waals surface area contributed by atoms with Crippen molar-refractivity contribution >= 4 is 16.6 Å². The lowest BCUT2D eigenvalue weighted by Crippen LogP contribution is -2.30. The minimum absolute atomic E-state index is 0.640. The molecular weight excluding hydrogens is 234 g/mol. The summed E-state index contributed by atoms with van der Waals surface area (Å²) in [7, 11) is 4.31. The van der Waals surface area contributed by atoms with Crippen molar-refractivity contribution in [2.45, 2.75) is 12.5 Å². The summed E-state index contributed by atoms with van der Waals surface area (Å²) in [6.07, 6.45) is 1.21. The number of H-pyrrole nitrogens is 1. The first-order valence-corrected chi connectivity index (χ1v) is 6.83. The van der Waals surface area contributed by atoms with Crippen molar-refractivity contribution in [2.75, 3.05) is 27.2 Å². The zero-order valence-corrected chi connectivity index (χ0v) is 11.7. The monoisotopic (exact) mass is 255 g/mol. The number of nitrogens with zero attached hydrogens (tertiary/aromatic N) is 2. The van der Waals surface area contributed by atoms with E-state index < -0.39 is 0 Å². The molecule has 1 aromatic carbocycles. The van der Waals surface area contributed by atoms with Gasteiger partial charge in [0.2, 0.25) is 0 Å². The predicted octanol–water partition coefficient (Wildman–Crippen LogP) is 2.77. The zero-order chi connectivity index (χ0) is 13.4. The van der Waals surface area contributed by atoms with Crippen LogP contribution in [0.1, 0.15) is 12.1 Å². The molecule has 0 amide bonds. The summed E-state index contributed by atoms with van der Waals surface area (Å²) < 4.78 is 0. The van der Waals surface area contributed by atoms with Crippen LogP contribution in [0.3, 0.4) is 0 Å². The van der Waals surface area contributed by atoms with Gasteiger partial charge in [0.15, 0.2) is 0 Å². The molecule has 3 nitrogen and oxygen atoms in total. The maximum Gasteiger partial charge on any atom is 0.0622 e. The van der Waals surface area contributed by atoms with Gasteiger partial charge in [-0.2, -0.15) is 0 Å². The van der Waals surface area contributed by atoms with E-state index in [2.05, 4.69) is 65.8 Å². The van der Waals surface area contributed by atoms with Crippen molar-refractivity contribution in [1.29, 1.82) is 0 Å². The number of benzene rings is 1. The molecule has 2 aromatic rings. The van der Waals surface area contributed by atoms with E-state index in [1.807, 2.05) is 0 Å². The van der Waals surface area contributed by atoms with E-state index in [-0.39, 0.29) is 0 Å². The molecule has 3 heteroatoms. The number of nitrogens with one attached hydrogen (secondary N) is 1. The highest BCUT2D eigenvalue weighted by molar-refractivity contribution is 5.84. The van der Waals surface area contributed by atoms with Gasteiger partial charge in [0, 0.05) is 30.0 Å². The number of aromatic amines is 1. The minimum Gasteiger partial charge on any atom is -0.369 e. The Kier molecular flexibility index (Phi) is 3.07. The van der Waals surface area contributed by atoms with Crippen LogP contribution in [0.25, 0.3) is 16.6 Å². The summed E-state index contributed by atoms with van der Waals surface area (Å²) >= 11 is 0. The topological polar surface area (TPSA) is 22.3 Å². The smallest absolute Gasteiger partial charge is 0.0622 e. The molecule has 100 valence electrons. The van der Waals surface area contributed by atoms with Crippen molar-refractivity contribution in [2.24, 2.45) is 0 Å². The summed E-state index contributed by atoms with van der Waals surface area (Å²) in [5.41, 5.74) is 3.43. The summed E-state index contributed by atoms with van der Waals surface area (Å²) in [4.78, 5) is 8.15. The van der Waals surface area contributed by atoms with Crippen molar-refractivity contribution in [3.63, 3.8) is 0 Å². The van der Waals surface area contributed by atoms with Gasteiger partial charge >= 0.3 is 0 Å². The Bertz CT molecular complexity index is 564. The Balaban J connectivity index is 1.80. The van der Waals surface area contributed by atoms with E-state index in [1.54, 1.807) is 0 Å². The van der Waals surface area contributed by atoms with Gasteiger partial charge in [-0.1, -0.05) is 24.8 Å². The molecule has 0 saturated carbocycles. The number of hydrogen-bond donors (Lipinski definition) is 1. The fourth-order valence-electron chi connectivity index (χ4n) is 2.81. The van der Waals surface area contributed by atoms with E-state index in [9.17, 15) is 0 Å². The van der Waals surface area contributed by atoms with Crippen LogP contribution in [0.4, 0.5) is 0 Å². The van der Waals surface area contributed by atoms with Gasteiger partial charge in [-0.15, -0.1) is 0 Å². The third-order valence-electron chi connectivity index (χ3n) is 4.12. The zero-order valence-electron chi connectivity index (χ0n) is 11.7. The van der Waals surface area contributed by atoms with Crippen LogP contribution in [-0.4, -0.2) is 48.0 Å². The molecule has 3 rings (SSSR count). The van der Waals surface area contributed by atoms with E-state index in [0.29, 0.717) is 6.04 Å². The Morgan fingerprint density at radius 2 is 2.16 bits per heavy atom. The number of likely N-dealkylation sites (N-methyl/N-ethyl adjacent to an activating group) is 1. The first kappa shape index (κ1) is 12.3. The molecule has 0 spiro atoms. The fraction of sp³-hybridized carbons (Fsp3) is 0.375. The van der Waals surface area contributed by atoms with Gasteiger partial charge < -0.3 is 14.8 Å². The van der Waals surface area contributed by atoms with Crippen LogP contribution < -0.4 is 0 Å². The molecule has 1 atom stereocenters. The average Bonchev–Trinajstić information content (AvgIpc) is 3.04. The Labute approximate surface area is 114 Å². The second kappa shape index (κ2) is 4.74. The molecular formula is C16H21N3. The molecule has 0 radical (unpaired) electrons. The number of likely N-dealkylation sites (tertiary alicyclic amines) is 1. The minimum atomic E-state index is 0.640. The van der Waals surface area contributed by atoms with Gasteiger partial charge in [-0.3, -0.25) is 0 Å². The molecule has 0 aliphatic carbocycles. The fourth-order valence-corrected chi connectivity index (χ4v) is 2.81. The van der Waals surface area contributed by atoms with E-state index in [4.69, 9.17) is 0 Å². The number of fused-ring (bicyclic) bond motifs is 1. The van der Waals surface area contributed by atoms with E-state index in [1.165, 1.54) is 17.3 Å². The second-order valence-corrected chi connectivity index (χ2v) is 5.57. The maximum absolute atomic E-state index is 4.27. The van der Waals surface area contributed by atoms with Crippen LogP contribution in [0.15, 0.2) is 36.9 Å². The third kappa shape index (κ3) is 2.26. The highest BCUT2D eigenvalue weighted by Gasteiger charge is 2.25. The highest BCUT2D eigenvalue weighted by atomic mass is 15.2. The van der Waals surface area contributed by atoms with Gasteiger partial charge in [0.25, 0.3) is 0 Å². The summed E-state index contributed by atoms with van der Waals surface area (Å²) in [6.45, 7) is 6.44. The first-order chi connectivity index (χ1) is 9.15. The largest absolute Gasteiger partial charge is 0.369 e. The van der Waals surface area contributed by atoms with Gasteiger partial charge in [0.05, 0.1) is 11.4 Å². The molecule has 1 saturated heterocycles. The van der Waals surface area contributed by atoms with Crippen LogP contribution in [0.5, 0.6) is 0 Å². The van der Waals surface area contributed by atoms with Gasteiger partial charge in [0.1, 0.15) is 0 Å². The number of hydrogen-bond acceptors (Lipinski definition) is 2. The lowest BCUT2D eigenvalue weighted by molar-refractivity contribution is 0.299. The van der Waals surface area contributed by atoms with Crippen molar-refractivity contribution in [3.8, 4) is 0 Å². The molecule has 2 heterocycles. The first-order valence-electron chi connectivity index (χ1n) is 6.83. The molecule has 1 fully saturated rings. The highest BCUT2D eigenvalue weighted by Crippen LogP contribution is 2.26. The average molecular weight is 255 g/mol. The number of aromatic nitrogens is 1. The van der Waals surface area contributed by atoms with Crippen molar-refractivity contribution in [1.82, 2.24) is 14.8 Å². The normalized spacial score (nSPS) is 19.5. The van der Waals surface area contributed by atoms with Gasteiger partial charge in [-0.05, 0) is 32.6 Å². The maximum atomic E-state index is 4.27. The lowest BCUT2D eigenvalue weighted by atomic mass is 10.2. The SMILES string of the molecule is C=C(c1cc2ccccc2[nH]1)N1CCC(N(C)C)C1. The Morgan fingerprint density at radius 1 is 1.37 bits per heavy atom. The van der Waals surface area contributed by atoms with Crippen LogP contribution >= 0.6 is 0 Å². The van der Waals surface area contributed by atoms with Crippen molar-refractivity contribution in [3.05, 3.63) is 42.6 Å². The van der Waals surface area contributed by atoms with E-state index >= 15 is 0 Å². The van der Waals surface area contributed by atoms with Crippen LogP contribution in [-0.2, 0) is 0 Å². The number of para-hydroxylation sites is 1. The second-order valence-electron chi connectivity index (χ2n) is 5.57. The summed E-state index contributed by atoms with van der Waals surface area (Å²) in [5, 5.41) is 1.25.